The zero-order chi connectivity index (χ0) is 13.2. The van der Waals surface area contributed by atoms with E-state index in [0.717, 1.165) is 18.1 Å². The molecule has 0 aromatic carbocycles. The van der Waals surface area contributed by atoms with Gasteiger partial charge in [0.2, 0.25) is 0 Å². The summed E-state index contributed by atoms with van der Waals surface area (Å²) in [4.78, 5) is 11.0. The first kappa shape index (κ1) is 12.3. The summed E-state index contributed by atoms with van der Waals surface area (Å²) in [5, 5.41) is 7.82. The molecule has 6 nitrogen and oxygen atoms in total. The van der Waals surface area contributed by atoms with Gasteiger partial charge in [0.1, 0.15) is 12.1 Å². The lowest BCUT2D eigenvalue weighted by Crippen LogP contribution is -2.39. The summed E-state index contributed by atoms with van der Waals surface area (Å²) in [5.74, 6) is 1.66. The number of aryl methyl sites for hydroxylation is 1. The zero-order valence-corrected chi connectivity index (χ0v) is 11.5. The molecule has 0 spiro atoms. The summed E-state index contributed by atoms with van der Waals surface area (Å²) >= 11 is 0. The molecule has 0 saturated carbocycles. The molecule has 2 aromatic heterocycles. The van der Waals surface area contributed by atoms with Gasteiger partial charge in [-0.05, 0) is 26.3 Å². The minimum atomic E-state index is 0.511. The molecule has 3 rings (SSSR count). The van der Waals surface area contributed by atoms with Crippen molar-refractivity contribution in [3.05, 3.63) is 18.1 Å². The SMILES string of the molecule is CCN1CCC(Nc2cc(C)nc3ncnn23)CC1. The molecule has 1 N–H and O–H groups in total. The second-order valence-corrected chi connectivity index (χ2v) is 5.11. The lowest BCUT2D eigenvalue weighted by molar-refractivity contribution is 0.229. The van der Waals surface area contributed by atoms with Gasteiger partial charge in [-0.25, -0.2) is 4.98 Å². The first-order valence-corrected chi connectivity index (χ1v) is 6.92. The summed E-state index contributed by atoms with van der Waals surface area (Å²) in [6, 6.07) is 2.55. The Morgan fingerprint density at radius 2 is 2.16 bits per heavy atom. The van der Waals surface area contributed by atoms with E-state index < -0.39 is 0 Å². The first-order chi connectivity index (χ1) is 9.26. The van der Waals surface area contributed by atoms with Gasteiger partial charge < -0.3 is 10.2 Å². The maximum absolute atomic E-state index is 4.36. The van der Waals surface area contributed by atoms with Crippen molar-refractivity contribution < 1.29 is 0 Å². The lowest BCUT2D eigenvalue weighted by atomic mass is 10.1. The number of piperidine rings is 1. The molecular weight excluding hydrogens is 240 g/mol. The molecule has 1 aliphatic rings. The molecule has 0 atom stereocenters. The fourth-order valence-corrected chi connectivity index (χ4v) is 2.64. The maximum atomic E-state index is 4.36. The van der Waals surface area contributed by atoms with Gasteiger partial charge in [-0.15, -0.1) is 0 Å². The molecule has 0 bridgehead atoms. The highest BCUT2D eigenvalue weighted by Gasteiger charge is 2.19. The van der Waals surface area contributed by atoms with Crippen LogP contribution in [0.3, 0.4) is 0 Å². The molecule has 6 heteroatoms. The molecule has 1 saturated heterocycles. The summed E-state index contributed by atoms with van der Waals surface area (Å²) in [5.41, 5.74) is 0.967. The Morgan fingerprint density at radius 3 is 2.89 bits per heavy atom. The zero-order valence-electron chi connectivity index (χ0n) is 11.5. The summed E-state index contributed by atoms with van der Waals surface area (Å²) in [6.45, 7) is 7.68. The van der Waals surface area contributed by atoms with Crippen LogP contribution in [0.15, 0.2) is 12.4 Å². The highest BCUT2D eigenvalue weighted by atomic mass is 15.4. The van der Waals surface area contributed by atoms with Crippen LogP contribution in [0.25, 0.3) is 5.78 Å². The Hall–Kier alpha value is -1.69. The molecule has 1 fully saturated rings. The van der Waals surface area contributed by atoms with Gasteiger partial charge in [-0.2, -0.15) is 14.6 Å². The minimum Gasteiger partial charge on any atom is -0.367 e. The number of nitrogens with zero attached hydrogens (tertiary/aromatic N) is 5. The molecule has 0 amide bonds. The minimum absolute atomic E-state index is 0.511. The predicted octanol–water partition coefficient (Wildman–Crippen LogP) is 1.33. The molecule has 0 unspecified atom stereocenters. The van der Waals surface area contributed by atoms with Crippen molar-refractivity contribution in [2.45, 2.75) is 32.7 Å². The van der Waals surface area contributed by atoms with E-state index in [0.29, 0.717) is 11.8 Å². The summed E-state index contributed by atoms with van der Waals surface area (Å²) in [6.07, 6.45) is 3.89. The highest BCUT2D eigenvalue weighted by Crippen LogP contribution is 2.17. The van der Waals surface area contributed by atoms with Crippen LogP contribution >= 0.6 is 0 Å². The van der Waals surface area contributed by atoms with E-state index in [9.17, 15) is 0 Å². The van der Waals surface area contributed by atoms with E-state index in [-0.39, 0.29) is 0 Å². The van der Waals surface area contributed by atoms with Gasteiger partial charge in [-0.3, -0.25) is 0 Å². The largest absolute Gasteiger partial charge is 0.367 e. The van der Waals surface area contributed by atoms with Gasteiger partial charge in [0.15, 0.2) is 0 Å². The van der Waals surface area contributed by atoms with Crippen LogP contribution in [-0.4, -0.2) is 50.2 Å². The van der Waals surface area contributed by atoms with E-state index in [4.69, 9.17) is 0 Å². The van der Waals surface area contributed by atoms with Crippen molar-refractivity contribution in [3.63, 3.8) is 0 Å². The van der Waals surface area contributed by atoms with Crippen LogP contribution in [0.4, 0.5) is 5.82 Å². The number of anilines is 1. The van der Waals surface area contributed by atoms with Crippen molar-refractivity contribution in [1.82, 2.24) is 24.5 Å². The average molecular weight is 260 g/mol. The van der Waals surface area contributed by atoms with Crippen molar-refractivity contribution in [3.8, 4) is 0 Å². The van der Waals surface area contributed by atoms with E-state index >= 15 is 0 Å². The van der Waals surface area contributed by atoms with Crippen LogP contribution in [0.5, 0.6) is 0 Å². The maximum Gasteiger partial charge on any atom is 0.254 e. The third kappa shape index (κ3) is 2.53. The number of fused-ring (bicyclic) bond motifs is 1. The molecular formula is C13H20N6. The van der Waals surface area contributed by atoms with Crippen molar-refractivity contribution >= 4 is 11.6 Å². The monoisotopic (exact) mass is 260 g/mol. The highest BCUT2D eigenvalue weighted by molar-refractivity contribution is 5.45. The number of hydrogen-bond acceptors (Lipinski definition) is 5. The third-order valence-corrected chi connectivity index (χ3v) is 3.77. The third-order valence-electron chi connectivity index (χ3n) is 3.77. The van der Waals surface area contributed by atoms with Crippen LogP contribution in [-0.2, 0) is 0 Å². The summed E-state index contributed by atoms with van der Waals surface area (Å²) in [7, 11) is 0. The van der Waals surface area contributed by atoms with Crippen LogP contribution in [0.1, 0.15) is 25.5 Å². The van der Waals surface area contributed by atoms with E-state index in [2.05, 4.69) is 32.2 Å². The number of rotatable bonds is 3. The fraction of sp³-hybridized carbons (Fsp3) is 0.615. The standard InChI is InChI=1S/C13H20N6/c1-3-18-6-4-11(5-7-18)17-12-8-10(2)16-13-14-9-15-19(12)13/h8-9,11,17H,3-7H2,1-2H3. The Balaban J connectivity index is 1.76. The Kier molecular flexibility index (Phi) is 3.33. The smallest absolute Gasteiger partial charge is 0.254 e. The van der Waals surface area contributed by atoms with Gasteiger partial charge >= 0.3 is 0 Å². The van der Waals surface area contributed by atoms with Gasteiger partial charge in [0.05, 0.1) is 0 Å². The second kappa shape index (κ2) is 5.13. The number of aromatic nitrogens is 4. The fourth-order valence-electron chi connectivity index (χ4n) is 2.64. The average Bonchev–Trinajstić information content (AvgIpc) is 2.88. The van der Waals surface area contributed by atoms with E-state index in [1.54, 1.807) is 10.8 Å². The van der Waals surface area contributed by atoms with Crippen molar-refractivity contribution in [2.75, 3.05) is 25.0 Å². The van der Waals surface area contributed by atoms with Gasteiger partial charge in [0, 0.05) is 30.9 Å². The van der Waals surface area contributed by atoms with Gasteiger partial charge in [-0.1, -0.05) is 6.92 Å². The van der Waals surface area contributed by atoms with Gasteiger partial charge in [0.25, 0.3) is 5.78 Å². The second-order valence-electron chi connectivity index (χ2n) is 5.11. The lowest BCUT2D eigenvalue weighted by Gasteiger charge is -2.31. The summed E-state index contributed by atoms with van der Waals surface area (Å²) < 4.78 is 1.78. The molecule has 2 aromatic rings. The van der Waals surface area contributed by atoms with E-state index in [1.807, 2.05) is 13.0 Å². The predicted molar refractivity (Wildman–Crippen MR) is 74.3 cm³/mol. The van der Waals surface area contributed by atoms with E-state index in [1.165, 1.54) is 25.9 Å². The molecule has 0 aliphatic carbocycles. The Bertz CT molecular complexity index is 555. The molecule has 1 aliphatic heterocycles. The number of likely N-dealkylation sites (tertiary alicyclic amines) is 1. The van der Waals surface area contributed by atoms with Crippen LogP contribution in [0, 0.1) is 6.92 Å². The van der Waals surface area contributed by atoms with Crippen LogP contribution in [0.2, 0.25) is 0 Å². The number of hydrogen-bond donors (Lipinski definition) is 1. The van der Waals surface area contributed by atoms with Crippen molar-refractivity contribution in [2.24, 2.45) is 0 Å². The normalized spacial score (nSPS) is 18.0. The Labute approximate surface area is 112 Å². The molecule has 102 valence electrons. The molecule has 19 heavy (non-hydrogen) atoms. The first-order valence-electron chi connectivity index (χ1n) is 6.92. The van der Waals surface area contributed by atoms with Crippen molar-refractivity contribution in [1.29, 1.82) is 0 Å². The Morgan fingerprint density at radius 1 is 1.37 bits per heavy atom. The quantitative estimate of drug-likeness (QED) is 0.902. The number of nitrogens with one attached hydrogen (secondary N) is 1. The van der Waals surface area contributed by atoms with Crippen LogP contribution < -0.4 is 5.32 Å². The topological polar surface area (TPSA) is 58.3 Å². The molecule has 0 radical (unpaired) electrons. The molecule has 3 heterocycles.